The third-order valence-corrected chi connectivity index (χ3v) is 5.13. The number of rotatable bonds is 6. The molecule has 0 bridgehead atoms. The van der Waals surface area contributed by atoms with Gasteiger partial charge >= 0.3 is 6.09 Å². The third kappa shape index (κ3) is 5.73. The highest BCUT2D eigenvalue weighted by atomic mass is 16.5. The zero-order valence-electron chi connectivity index (χ0n) is 17.1. The molecule has 0 radical (unpaired) electrons. The minimum absolute atomic E-state index is 0.0288. The minimum Gasteiger partial charge on any atom is -0.445 e. The van der Waals surface area contributed by atoms with E-state index < -0.39 is 12.1 Å². The van der Waals surface area contributed by atoms with E-state index in [0.29, 0.717) is 13.1 Å². The van der Waals surface area contributed by atoms with Crippen molar-refractivity contribution >= 4 is 17.7 Å². The van der Waals surface area contributed by atoms with E-state index in [-0.39, 0.29) is 18.4 Å². The molecular formula is C23H29N3O3. The highest BCUT2D eigenvalue weighted by Crippen LogP contribution is 2.17. The molecule has 2 amide bonds. The van der Waals surface area contributed by atoms with E-state index >= 15 is 0 Å². The molecule has 3 rings (SSSR count). The van der Waals surface area contributed by atoms with Crippen molar-refractivity contribution in [2.45, 2.75) is 26.5 Å². The van der Waals surface area contributed by atoms with E-state index in [4.69, 9.17) is 4.74 Å². The lowest BCUT2D eigenvalue weighted by Gasteiger charge is -2.38. The smallest absolute Gasteiger partial charge is 0.408 e. The predicted molar refractivity (Wildman–Crippen MR) is 114 cm³/mol. The summed E-state index contributed by atoms with van der Waals surface area (Å²) in [5.74, 6) is -0.0803. The summed E-state index contributed by atoms with van der Waals surface area (Å²) in [5.41, 5.74) is 2.08. The molecule has 29 heavy (non-hydrogen) atoms. The number of piperazine rings is 1. The number of para-hydroxylation sites is 1. The molecule has 0 aromatic heterocycles. The molecule has 1 aliphatic rings. The van der Waals surface area contributed by atoms with E-state index in [1.807, 2.05) is 67.3 Å². The second kappa shape index (κ2) is 9.96. The molecule has 154 valence electrons. The fourth-order valence-electron chi connectivity index (χ4n) is 3.43. The Bertz CT molecular complexity index is 788. The fourth-order valence-corrected chi connectivity index (χ4v) is 3.43. The number of ether oxygens (including phenoxy) is 1. The molecule has 0 aliphatic carbocycles. The van der Waals surface area contributed by atoms with Gasteiger partial charge in [0.15, 0.2) is 0 Å². The average molecular weight is 396 g/mol. The molecule has 0 unspecified atom stereocenters. The molecule has 6 nitrogen and oxygen atoms in total. The van der Waals surface area contributed by atoms with Crippen LogP contribution in [0.3, 0.4) is 0 Å². The highest BCUT2D eigenvalue weighted by molar-refractivity contribution is 5.86. The molecule has 6 heteroatoms. The van der Waals surface area contributed by atoms with Crippen molar-refractivity contribution in [3.63, 3.8) is 0 Å². The van der Waals surface area contributed by atoms with Crippen LogP contribution in [0.1, 0.15) is 19.4 Å². The van der Waals surface area contributed by atoms with Gasteiger partial charge in [-0.3, -0.25) is 4.79 Å². The van der Waals surface area contributed by atoms with Crippen LogP contribution in [0.15, 0.2) is 60.7 Å². The first-order valence-corrected chi connectivity index (χ1v) is 10.1. The van der Waals surface area contributed by atoms with Crippen LogP contribution in [0.4, 0.5) is 10.5 Å². The summed E-state index contributed by atoms with van der Waals surface area (Å²) < 4.78 is 5.29. The van der Waals surface area contributed by atoms with Crippen molar-refractivity contribution in [3.8, 4) is 0 Å². The lowest BCUT2D eigenvalue weighted by atomic mass is 10.0. The maximum atomic E-state index is 13.0. The largest absolute Gasteiger partial charge is 0.445 e. The summed E-state index contributed by atoms with van der Waals surface area (Å²) >= 11 is 0. The van der Waals surface area contributed by atoms with Crippen molar-refractivity contribution in [3.05, 3.63) is 66.2 Å². The van der Waals surface area contributed by atoms with Gasteiger partial charge in [0.2, 0.25) is 5.91 Å². The Morgan fingerprint density at radius 3 is 2.10 bits per heavy atom. The monoisotopic (exact) mass is 395 g/mol. The van der Waals surface area contributed by atoms with Gasteiger partial charge in [-0.25, -0.2) is 4.79 Å². The van der Waals surface area contributed by atoms with E-state index in [1.54, 1.807) is 0 Å². The van der Waals surface area contributed by atoms with E-state index in [9.17, 15) is 9.59 Å². The summed E-state index contributed by atoms with van der Waals surface area (Å²) in [7, 11) is 0. The number of nitrogens with zero attached hydrogens (tertiary/aromatic N) is 2. The van der Waals surface area contributed by atoms with Crippen LogP contribution in [0.5, 0.6) is 0 Å². The van der Waals surface area contributed by atoms with Crippen LogP contribution in [0, 0.1) is 5.92 Å². The standard InChI is InChI=1S/C23H29N3O3/c1-18(2)21(24-23(28)29-17-19-9-5-3-6-10-19)22(27)26-15-13-25(14-16-26)20-11-7-4-8-12-20/h3-12,18,21H,13-17H2,1-2H3,(H,24,28)/t21-/m0/s1. The van der Waals surface area contributed by atoms with Crippen LogP contribution in [-0.2, 0) is 16.1 Å². The Morgan fingerprint density at radius 1 is 0.931 bits per heavy atom. The summed E-state index contributed by atoms with van der Waals surface area (Å²) in [6.45, 7) is 6.87. The molecule has 1 aliphatic heterocycles. The molecule has 1 atom stereocenters. The van der Waals surface area contributed by atoms with Gasteiger partial charge in [-0.15, -0.1) is 0 Å². The van der Waals surface area contributed by atoms with Crippen LogP contribution in [0.25, 0.3) is 0 Å². The van der Waals surface area contributed by atoms with Crippen molar-refractivity contribution < 1.29 is 14.3 Å². The van der Waals surface area contributed by atoms with E-state index in [0.717, 1.165) is 18.7 Å². The molecular weight excluding hydrogens is 366 g/mol. The lowest BCUT2D eigenvalue weighted by Crippen LogP contribution is -2.56. The molecule has 1 saturated heterocycles. The van der Waals surface area contributed by atoms with Crippen LogP contribution >= 0.6 is 0 Å². The van der Waals surface area contributed by atoms with Crippen molar-refractivity contribution in [2.24, 2.45) is 5.92 Å². The van der Waals surface area contributed by atoms with Gasteiger partial charge in [0.1, 0.15) is 12.6 Å². The molecule has 2 aromatic carbocycles. The van der Waals surface area contributed by atoms with Crippen LogP contribution in [0.2, 0.25) is 0 Å². The van der Waals surface area contributed by atoms with E-state index in [2.05, 4.69) is 22.3 Å². The summed E-state index contributed by atoms with van der Waals surface area (Å²) in [4.78, 5) is 29.4. The number of alkyl carbamates (subject to hydrolysis) is 1. The van der Waals surface area contributed by atoms with Gasteiger partial charge in [0.05, 0.1) is 0 Å². The SMILES string of the molecule is CC(C)[C@H](NC(=O)OCc1ccccc1)C(=O)N1CCN(c2ccccc2)CC1. The molecule has 1 fully saturated rings. The first-order valence-electron chi connectivity index (χ1n) is 10.1. The Labute approximate surface area is 172 Å². The van der Waals surface area contributed by atoms with Gasteiger partial charge in [0, 0.05) is 31.9 Å². The number of benzene rings is 2. The molecule has 0 spiro atoms. The Morgan fingerprint density at radius 2 is 1.52 bits per heavy atom. The number of hydrogen-bond donors (Lipinski definition) is 1. The first kappa shape index (κ1) is 20.7. The quantitative estimate of drug-likeness (QED) is 0.815. The Balaban J connectivity index is 1.52. The van der Waals surface area contributed by atoms with Crippen molar-refractivity contribution in [1.29, 1.82) is 0 Å². The normalized spacial score (nSPS) is 15.1. The maximum absolute atomic E-state index is 13.0. The zero-order valence-corrected chi connectivity index (χ0v) is 17.1. The highest BCUT2D eigenvalue weighted by Gasteiger charge is 2.31. The molecule has 0 saturated carbocycles. The average Bonchev–Trinajstić information content (AvgIpc) is 2.77. The summed E-state index contributed by atoms with van der Waals surface area (Å²) in [6.07, 6.45) is -0.566. The number of hydrogen-bond acceptors (Lipinski definition) is 4. The Kier molecular flexibility index (Phi) is 7.11. The summed E-state index contributed by atoms with van der Waals surface area (Å²) in [6, 6.07) is 19.1. The van der Waals surface area contributed by atoms with Crippen LogP contribution < -0.4 is 10.2 Å². The predicted octanol–water partition coefficient (Wildman–Crippen LogP) is 3.29. The van der Waals surface area contributed by atoms with Gasteiger partial charge in [-0.05, 0) is 23.6 Å². The van der Waals surface area contributed by atoms with Gasteiger partial charge in [0.25, 0.3) is 0 Å². The van der Waals surface area contributed by atoms with Crippen LogP contribution in [-0.4, -0.2) is 49.1 Å². The Hall–Kier alpha value is -3.02. The number of amides is 2. The zero-order chi connectivity index (χ0) is 20.6. The minimum atomic E-state index is -0.596. The number of carbonyl (C=O) groups excluding carboxylic acids is 2. The third-order valence-electron chi connectivity index (χ3n) is 5.13. The topological polar surface area (TPSA) is 61.9 Å². The van der Waals surface area contributed by atoms with Crippen molar-refractivity contribution in [2.75, 3.05) is 31.1 Å². The second-order valence-corrected chi connectivity index (χ2v) is 7.58. The van der Waals surface area contributed by atoms with E-state index in [1.165, 1.54) is 5.69 Å². The van der Waals surface area contributed by atoms with Gasteiger partial charge in [-0.2, -0.15) is 0 Å². The lowest BCUT2D eigenvalue weighted by molar-refractivity contribution is -0.134. The molecule has 1 N–H and O–H groups in total. The number of anilines is 1. The number of carbonyl (C=O) groups is 2. The maximum Gasteiger partial charge on any atom is 0.408 e. The fraction of sp³-hybridized carbons (Fsp3) is 0.391. The van der Waals surface area contributed by atoms with Gasteiger partial charge < -0.3 is 19.9 Å². The van der Waals surface area contributed by atoms with Gasteiger partial charge in [-0.1, -0.05) is 62.4 Å². The summed E-state index contributed by atoms with van der Waals surface area (Å²) in [5, 5.41) is 2.76. The second-order valence-electron chi connectivity index (χ2n) is 7.58. The van der Waals surface area contributed by atoms with Crippen molar-refractivity contribution in [1.82, 2.24) is 10.2 Å². The number of nitrogens with one attached hydrogen (secondary N) is 1. The molecule has 1 heterocycles. The molecule has 2 aromatic rings. The first-order chi connectivity index (χ1) is 14.0.